The zero-order chi connectivity index (χ0) is 16.2. The van der Waals surface area contributed by atoms with Gasteiger partial charge in [-0.05, 0) is 30.3 Å². The average Bonchev–Trinajstić information content (AvgIpc) is 2.59. The predicted octanol–water partition coefficient (Wildman–Crippen LogP) is 2.50. The van der Waals surface area contributed by atoms with Crippen LogP contribution in [-0.4, -0.2) is 23.7 Å². The van der Waals surface area contributed by atoms with Crippen LogP contribution in [0, 0.1) is 11.3 Å². The number of ether oxygens (including phenoxy) is 2. The van der Waals surface area contributed by atoms with Crippen molar-refractivity contribution in [3.05, 3.63) is 52.8 Å². The van der Waals surface area contributed by atoms with E-state index in [1.165, 1.54) is 7.11 Å². The van der Waals surface area contributed by atoms with Gasteiger partial charge in [-0.25, -0.2) is 4.98 Å². The number of para-hydroxylation sites is 1. The number of aromatic amines is 1. The van der Waals surface area contributed by atoms with Crippen LogP contribution in [-0.2, 0) is 0 Å². The number of nitriles is 1. The van der Waals surface area contributed by atoms with E-state index in [0.717, 1.165) is 0 Å². The minimum Gasteiger partial charge on any atom is -0.493 e. The summed E-state index contributed by atoms with van der Waals surface area (Å²) in [5.74, 6) is 1.37. The van der Waals surface area contributed by atoms with Crippen LogP contribution in [0.3, 0.4) is 0 Å². The topological polar surface area (TPSA) is 88.0 Å². The molecule has 0 saturated heterocycles. The van der Waals surface area contributed by atoms with Gasteiger partial charge in [-0.3, -0.25) is 4.79 Å². The summed E-state index contributed by atoms with van der Waals surface area (Å²) in [5, 5.41) is 9.13. The molecule has 6 nitrogen and oxygen atoms in total. The zero-order valence-corrected chi connectivity index (χ0v) is 12.4. The first-order valence-electron chi connectivity index (χ1n) is 6.90. The van der Waals surface area contributed by atoms with Gasteiger partial charge in [0.25, 0.3) is 5.56 Å². The van der Waals surface area contributed by atoms with Gasteiger partial charge >= 0.3 is 0 Å². The van der Waals surface area contributed by atoms with Crippen molar-refractivity contribution in [3.63, 3.8) is 0 Å². The minimum atomic E-state index is -0.200. The second-order valence-electron chi connectivity index (χ2n) is 4.74. The molecule has 0 atom stereocenters. The van der Waals surface area contributed by atoms with Gasteiger partial charge in [0.05, 0.1) is 18.0 Å². The molecule has 0 aliphatic heterocycles. The number of nitrogens with one attached hydrogen (secondary N) is 1. The summed E-state index contributed by atoms with van der Waals surface area (Å²) < 4.78 is 10.6. The molecule has 0 fully saturated rings. The van der Waals surface area contributed by atoms with Crippen LogP contribution >= 0.6 is 0 Å². The van der Waals surface area contributed by atoms with Gasteiger partial charge in [0, 0.05) is 5.56 Å². The molecule has 0 radical (unpaired) electrons. The van der Waals surface area contributed by atoms with Crippen LogP contribution < -0.4 is 15.0 Å². The van der Waals surface area contributed by atoms with Gasteiger partial charge < -0.3 is 14.5 Å². The normalized spacial score (nSPS) is 10.3. The van der Waals surface area contributed by atoms with Crippen LogP contribution in [0.25, 0.3) is 22.3 Å². The molecule has 0 spiro atoms. The van der Waals surface area contributed by atoms with Crippen LogP contribution in [0.1, 0.15) is 0 Å². The van der Waals surface area contributed by atoms with E-state index in [-0.39, 0.29) is 12.2 Å². The standard InChI is InChI=1S/C17H13N3O3/c1-22-15-10-11(6-7-14(15)23-9-8-18)16-19-13-5-3-2-4-12(13)17(21)20-16/h2-7,10H,9H2,1H3,(H,19,20,21). The molecular weight excluding hydrogens is 294 g/mol. The Morgan fingerprint density at radius 1 is 1.22 bits per heavy atom. The molecule has 1 heterocycles. The Hall–Kier alpha value is -3.33. The predicted molar refractivity (Wildman–Crippen MR) is 85.5 cm³/mol. The smallest absolute Gasteiger partial charge is 0.259 e. The number of hydrogen-bond acceptors (Lipinski definition) is 5. The molecule has 1 N–H and O–H groups in total. The first-order chi connectivity index (χ1) is 11.2. The first kappa shape index (κ1) is 14.6. The second kappa shape index (κ2) is 6.20. The highest BCUT2D eigenvalue weighted by atomic mass is 16.5. The minimum absolute atomic E-state index is 0.0687. The van der Waals surface area contributed by atoms with Crippen LogP contribution in [0.5, 0.6) is 11.5 Å². The third kappa shape index (κ3) is 2.85. The fourth-order valence-corrected chi connectivity index (χ4v) is 2.27. The maximum Gasteiger partial charge on any atom is 0.259 e. The van der Waals surface area contributed by atoms with E-state index in [1.807, 2.05) is 12.1 Å². The summed E-state index contributed by atoms with van der Waals surface area (Å²) in [6.45, 7) is -0.0687. The van der Waals surface area contributed by atoms with E-state index < -0.39 is 0 Å². The van der Waals surface area contributed by atoms with Crippen molar-refractivity contribution in [1.29, 1.82) is 5.26 Å². The molecule has 0 aliphatic rings. The lowest BCUT2D eigenvalue weighted by Gasteiger charge is -2.10. The molecule has 0 unspecified atom stereocenters. The van der Waals surface area contributed by atoms with Gasteiger partial charge in [-0.1, -0.05) is 12.1 Å². The molecule has 114 valence electrons. The third-order valence-corrected chi connectivity index (χ3v) is 3.34. The monoisotopic (exact) mass is 307 g/mol. The Kier molecular flexibility index (Phi) is 3.93. The summed E-state index contributed by atoms with van der Waals surface area (Å²) in [5.41, 5.74) is 1.11. The van der Waals surface area contributed by atoms with Crippen molar-refractivity contribution in [2.24, 2.45) is 0 Å². The number of methoxy groups -OCH3 is 1. The molecule has 0 amide bonds. The van der Waals surface area contributed by atoms with Crippen molar-refractivity contribution >= 4 is 10.9 Å². The Morgan fingerprint density at radius 2 is 2.04 bits per heavy atom. The van der Waals surface area contributed by atoms with Gasteiger partial charge in [-0.15, -0.1) is 0 Å². The fourth-order valence-electron chi connectivity index (χ4n) is 2.27. The number of rotatable bonds is 4. The molecule has 23 heavy (non-hydrogen) atoms. The summed E-state index contributed by atoms with van der Waals surface area (Å²) in [6, 6.07) is 14.2. The summed E-state index contributed by atoms with van der Waals surface area (Å²) >= 11 is 0. The molecular formula is C17H13N3O3. The lowest BCUT2D eigenvalue weighted by molar-refractivity contribution is 0.330. The molecule has 1 aromatic heterocycles. The Bertz CT molecular complexity index is 957. The van der Waals surface area contributed by atoms with Gasteiger partial charge in [0.2, 0.25) is 0 Å². The molecule has 6 heteroatoms. The van der Waals surface area contributed by atoms with Crippen molar-refractivity contribution in [3.8, 4) is 29.0 Å². The van der Waals surface area contributed by atoms with Crippen LogP contribution in [0.4, 0.5) is 0 Å². The first-order valence-corrected chi connectivity index (χ1v) is 6.90. The molecule has 0 aliphatic carbocycles. The van der Waals surface area contributed by atoms with E-state index in [0.29, 0.717) is 33.8 Å². The number of nitrogens with zero attached hydrogens (tertiary/aromatic N) is 2. The quantitative estimate of drug-likeness (QED) is 0.800. The SMILES string of the molecule is COc1cc(-c2nc3ccccc3c(=O)[nH]2)ccc1OCC#N. The number of aromatic nitrogens is 2. The maximum atomic E-state index is 12.1. The van der Waals surface area contributed by atoms with E-state index in [4.69, 9.17) is 14.7 Å². The van der Waals surface area contributed by atoms with Gasteiger partial charge in [-0.2, -0.15) is 5.26 Å². The highest BCUT2D eigenvalue weighted by molar-refractivity contribution is 5.79. The molecule has 0 saturated carbocycles. The molecule has 2 aromatic carbocycles. The Balaban J connectivity index is 2.08. The fraction of sp³-hybridized carbons (Fsp3) is 0.118. The van der Waals surface area contributed by atoms with Crippen molar-refractivity contribution in [2.45, 2.75) is 0 Å². The summed E-state index contributed by atoms with van der Waals surface area (Å²) in [6.07, 6.45) is 0. The van der Waals surface area contributed by atoms with Crippen LogP contribution in [0.15, 0.2) is 47.3 Å². The number of hydrogen-bond donors (Lipinski definition) is 1. The largest absolute Gasteiger partial charge is 0.493 e. The van der Waals surface area contributed by atoms with Crippen molar-refractivity contribution in [2.75, 3.05) is 13.7 Å². The molecule has 3 aromatic rings. The van der Waals surface area contributed by atoms with E-state index >= 15 is 0 Å². The number of fused-ring (bicyclic) bond motifs is 1. The van der Waals surface area contributed by atoms with Gasteiger partial charge in [0.15, 0.2) is 18.1 Å². The summed E-state index contributed by atoms with van der Waals surface area (Å²) in [4.78, 5) is 19.4. The Labute approximate surface area is 131 Å². The lowest BCUT2D eigenvalue weighted by Crippen LogP contribution is -2.09. The van der Waals surface area contributed by atoms with Gasteiger partial charge in [0.1, 0.15) is 11.9 Å². The zero-order valence-electron chi connectivity index (χ0n) is 12.4. The van der Waals surface area contributed by atoms with E-state index in [1.54, 1.807) is 36.4 Å². The van der Waals surface area contributed by atoms with Crippen molar-refractivity contribution < 1.29 is 9.47 Å². The van der Waals surface area contributed by atoms with E-state index in [9.17, 15) is 4.79 Å². The van der Waals surface area contributed by atoms with Crippen molar-refractivity contribution in [1.82, 2.24) is 9.97 Å². The average molecular weight is 307 g/mol. The lowest BCUT2D eigenvalue weighted by atomic mass is 10.1. The van der Waals surface area contributed by atoms with Crippen LogP contribution in [0.2, 0.25) is 0 Å². The number of H-pyrrole nitrogens is 1. The third-order valence-electron chi connectivity index (χ3n) is 3.34. The molecule has 3 rings (SSSR count). The Morgan fingerprint density at radius 3 is 2.83 bits per heavy atom. The van der Waals surface area contributed by atoms with E-state index in [2.05, 4.69) is 9.97 Å². The maximum absolute atomic E-state index is 12.1. The highest BCUT2D eigenvalue weighted by Gasteiger charge is 2.10. The molecule has 0 bridgehead atoms. The number of benzene rings is 2. The second-order valence-corrected chi connectivity index (χ2v) is 4.74. The highest BCUT2D eigenvalue weighted by Crippen LogP contribution is 2.31. The summed E-state index contributed by atoms with van der Waals surface area (Å²) in [7, 11) is 1.51.